The minimum absolute atomic E-state index is 0.113. The number of aliphatic hydroxyl groups is 1. The van der Waals surface area contributed by atoms with E-state index in [1.807, 2.05) is 18.7 Å². The summed E-state index contributed by atoms with van der Waals surface area (Å²) in [6, 6.07) is 5.21. The third-order valence-electron chi connectivity index (χ3n) is 2.78. The van der Waals surface area contributed by atoms with E-state index in [0.717, 1.165) is 5.69 Å². The fraction of sp³-hybridized carbons (Fsp3) is 0.462. The van der Waals surface area contributed by atoms with Gasteiger partial charge in [0.2, 0.25) is 0 Å². The van der Waals surface area contributed by atoms with Crippen LogP contribution in [0, 0.1) is 0 Å². The van der Waals surface area contributed by atoms with Gasteiger partial charge in [-0.2, -0.15) is 0 Å². The predicted molar refractivity (Wildman–Crippen MR) is 72.0 cm³/mol. The van der Waals surface area contributed by atoms with E-state index in [2.05, 4.69) is 0 Å². The maximum Gasteiger partial charge on any atom is 0.337 e. The highest BCUT2D eigenvalue weighted by Gasteiger charge is 2.14. The molecule has 1 aromatic carbocycles. The summed E-state index contributed by atoms with van der Waals surface area (Å²) in [5, 5.41) is 17.9. The molecule has 0 bridgehead atoms. The Hall–Kier alpha value is -1.75. The van der Waals surface area contributed by atoms with Gasteiger partial charge in [0.05, 0.1) is 5.56 Å². The Morgan fingerprint density at radius 2 is 2.11 bits per heavy atom. The van der Waals surface area contributed by atoms with E-state index in [4.69, 9.17) is 15.9 Å². The topological polar surface area (TPSA) is 86.8 Å². The molecule has 0 atom stereocenters. The number of carbonyl (C=O) groups is 1. The van der Waals surface area contributed by atoms with Crippen molar-refractivity contribution in [1.82, 2.24) is 0 Å². The van der Waals surface area contributed by atoms with Crippen LogP contribution in [0.5, 0.6) is 0 Å². The van der Waals surface area contributed by atoms with Gasteiger partial charge in [0.1, 0.15) is 0 Å². The number of aliphatic hydroxyl groups excluding tert-OH is 1. The summed E-state index contributed by atoms with van der Waals surface area (Å²) < 4.78 is 0. The molecule has 0 unspecified atom stereocenters. The first-order chi connectivity index (χ1) is 8.47. The molecule has 0 spiro atoms. The number of nitrogens with zero attached hydrogens (tertiary/aromatic N) is 1. The van der Waals surface area contributed by atoms with Crippen LogP contribution in [0.2, 0.25) is 0 Å². The molecule has 0 aromatic heterocycles. The lowest BCUT2D eigenvalue weighted by atomic mass is 10.1. The van der Waals surface area contributed by atoms with Crippen LogP contribution >= 0.6 is 0 Å². The third-order valence-corrected chi connectivity index (χ3v) is 2.78. The van der Waals surface area contributed by atoms with Crippen LogP contribution in [0.4, 0.5) is 11.4 Å². The van der Waals surface area contributed by atoms with Gasteiger partial charge < -0.3 is 20.8 Å². The van der Waals surface area contributed by atoms with Crippen molar-refractivity contribution in [3.63, 3.8) is 0 Å². The van der Waals surface area contributed by atoms with Crippen LogP contribution < -0.4 is 10.6 Å². The standard InChI is InChI=1S/C13H20N2O3/c1-9(2)15(6-3-7-16)10-4-5-12(14)11(8-10)13(17)18/h4-5,8-9,16H,3,6-7,14H2,1-2H3,(H,17,18). The molecule has 4 N–H and O–H groups in total. The van der Waals surface area contributed by atoms with Crippen molar-refractivity contribution >= 4 is 17.3 Å². The van der Waals surface area contributed by atoms with Gasteiger partial charge in [-0.1, -0.05) is 0 Å². The van der Waals surface area contributed by atoms with Gasteiger partial charge in [0, 0.05) is 30.6 Å². The molecular formula is C13H20N2O3. The Morgan fingerprint density at radius 1 is 1.44 bits per heavy atom. The molecule has 0 heterocycles. The van der Waals surface area contributed by atoms with E-state index in [0.29, 0.717) is 13.0 Å². The van der Waals surface area contributed by atoms with Crippen LogP contribution in [0.15, 0.2) is 18.2 Å². The number of rotatable bonds is 6. The van der Waals surface area contributed by atoms with Gasteiger partial charge in [0.15, 0.2) is 0 Å². The van der Waals surface area contributed by atoms with E-state index in [9.17, 15) is 4.79 Å². The number of hydrogen-bond donors (Lipinski definition) is 3. The molecule has 1 rings (SSSR count). The fourth-order valence-electron chi connectivity index (χ4n) is 1.83. The molecule has 0 saturated heterocycles. The monoisotopic (exact) mass is 252 g/mol. The first-order valence-electron chi connectivity index (χ1n) is 5.97. The smallest absolute Gasteiger partial charge is 0.337 e. The van der Waals surface area contributed by atoms with E-state index >= 15 is 0 Å². The SMILES string of the molecule is CC(C)N(CCCO)c1ccc(N)c(C(=O)O)c1. The minimum Gasteiger partial charge on any atom is -0.478 e. The summed E-state index contributed by atoms with van der Waals surface area (Å²) in [6.07, 6.45) is 0.644. The number of carboxylic acid groups (broad SMARTS) is 1. The average Bonchev–Trinajstić information content (AvgIpc) is 2.30. The van der Waals surface area contributed by atoms with Crippen molar-refractivity contribution in [2.24, 2.45) is 0 Å². The molecule has 1 aromatic rings. The number of hydrogen-bond acceptors (Lipinski definition) is 4. The molecule has 0 fully saturated rings. The number of nitrogens with two attached hydrogens (primary N) is 1. The lowest BCUT2D eigenvalue weighted by Crippen LogP contribution is -2.32. The van der Waals surface area contributed by atoms with Crippen molar-refractivity contribution in [2.45, 2.75) is 26.3 Å². The first kappa shape index (κ1) is 14.3. The zero-order valence-electron chi connectivity index (χ0n) is 10.8. The summed E-state index contributed by atoms with van der Waals surface area (Å²) >= 11 is 0. The fourth-order valence-corrected chi connectivity index (χ4v) is 1.83. The highest BCUT2D eigenvalue weighted by Crippen LogP contribution is 2.23. The molecule has 100 valence electrons. The molecule has 0 radical (unpaired) electrons. The summed E-state index contributed by atoms with van der Waals surface area (Å²) in [5.74, 6) is -1.03. The number of carboxylic acids is 1. The number of nitrogen functional groups attached to an aromatic ring is 1. The average molecular weight is 252 g/mol. The van der Waals surface area contributed by atoms with E-state index < -0.39 is 5.97 Å². The molecule has 0 aliphatic carbocycles. The predicted octanol–water partition coefficient (Wildman–Crippen LogP) is 1.56. The zero-order chi connectivity index (χ0) is 13.7. The Labute approximate surface area is 107 Å². The van der Waals surface area contributed by atoms with E-state index in [1.54, 1.807) is 18.2 Å². The maximum absolute atomic E-state index is 11.0. The molecule has 0 aliphatic rings. The van der Waals surface area contributed by atoms with Gasteiger partial charge >= 0.3 is 5.97 Å². The molecule has 0 saturated carbocycles. The van der Waals surface area contributed by atoms with Crippen molar-refractivity contribution in [3.05, 3.63) is 23.8 Å². The second-order valence-electron chi connectivity index (χ2n) is 4.44. The van der Waals surface area contributed by atoms with Crippen LogP contribution in [0.1, 0.15) is 30.6 Å². The molecule has 5 heteroatoms. The molecule has 0 aliphatic heterocycles. The van der Waals surface area contributed by atoms with Crippen LogP contribution in [-0.2, 0) is 0 Å². The van der Waals surface area contributed by atoms with Gasteiger partial charge in [0.25, 0.3) is 0 Å². The Kier molecular flexibility index (Phi) is 4.97. The number of benzene rings is 1. The van der Waals surface area contributed by atoms with Crippen molar-refractivity contribution in [1.29, 1.82) is 0 Å². The van der Waals surface area contributed by atoms with Crippen molar-refractivity contribution in [3.8, 4) is 0 Å². The summed E-state index contributed by atoms with van der Waals surface area (Å²) in [7, 11) is 0. The minimum atomic E-state index is -1.03. The molecular weight excluding hydrogens is 232 g/mol. The quantitative estimate of drug-likeness (QED) is 0.669. The van der Waals surface area contributed by atoms with Crippen molar-refractivity contribution < 1.29 is 15.0 Å². The number of aromatic carboxylic acids is 1. The lowest BCUT2D eigenvalue weighted by molar-refractivity contribution is 0.0698. The summed E-state index contributed by atoms with van der Waals surface area (Å²) in [5.41, 5.74) is 6.81. The molecule has 18 heavy (non-hydrogen) atoms. The highest BCUT2D eigenvalue weighted by molar-refractivity contribution is 5.94. The Balaban J connectivity index is 3.05. The van der Waals surface area contributed by atoms with Gasteiger partial charge in [-0.25, -0.2) is 4.79 Å². The molecule has 5 nitrogen and oxygen atoms in total. The second-order valence-corrected chi connectivity index (χ2v) is 4.44. The van der Waals surface area contributed by atoms with Crippen LogP contribution in [-0.4, -0.2) is 35.4 Å². The van der Waals surface area contributed by atoms with Gasteiger partial charge in [-0.3, -0.25) is 0 Å². The Bertz CT molecular complexity index is 419. The van der Waals surface area contributed by atoms with E-state index in [1.165, 1.54) is 0 Å². The van der Waals surface area contributed by atoms with E-state index in [-0.39, 0.29) is 23.9 Å². The summed E-state index contributed by atoms with van der Waals surface area (Å²) in [6.45, 7) is 4.84. The van der Waals surface area contributed by atoms with Gasteiger partial charge in [-0.15, -0.1) is 0 Å². The molecule has 0 amide bonds. The van der Waals surface area contributed by atoms with Crippen molar-refractivity contribution in [2.75, 3.05) is 23.8 Å². The third kappa shape index (κ3) is 3.37. The first-order valence-corrected chi connectivity index (χ1v) is 5.97. The Morgan fingerprint density at radius 3 is 2.61 bits per heavy atom. The van der Waals surface area contributed by atoms with Gasteiger partial charge in [-0.05, 0) is 38.5 Å². The normalized spacial score (nSPS) is 10.7. The summed E-state index contributed by atoms with van der Waals surface area (Å²) in [4.78, 5) is 13.1. The van der Waals surface area contributed by atoms with Crippen LogP contribution in [0.3, 0.4) is 0 Å². The number of anilines is 2. The zero-order valence-corrected chi connectivity index (χ0v) is 10.8. The lowest BCUT2D eigenvalue weighted by Gasteiger charge is -2.29. The van der Waals surface area contributed by atoms with Crippen LogP contribution in [0.25, 0.3) is 0 Å². The largest absolute Gasteiger partial charge is 0.478 e. The maximum atomic E-state index is 11.0. The highest BCUT2D eigenvalue weighted by atomic mass is 16.4. The second kappa shape index (κ2) is 6.26.